The normalized spacial score (nSPS) is 15.4. The van der Waals surface area contributed by atoms with Crippen LogP contribution in [0.1, 0.15) is 30.0 Å². The largest absolute Gasteiger partial charge is 0.482 e. The zero-order valence-electron chi connectivity index (χ0n) is 17.8. The molecule has 0 saturated heterocycles. The van der Waals surface area contributed by atoms with Gasteiger partial charge in [0.1, 0.15) is 22.1 Å². The Hall–Kier alpha value is -2.78. The average molecular weight is 522 g/mol. The number of sulfonamides is 1. The highest BCUT2D eigenvalue weighted by atomic mass is 35.5. The average Bonchev–Trinajstić information content (AvgIpc) is 2.79. The summed E-state index contributed by atoms with van der Waals surface area (Å²) in [5.41, 5.74) is 1.57. The molecule has 4 rings (SSSR count). The van der Waals surface area contributed by atoms with Crippen molar-refractivity contribution in [2.75, 3.05) is 6.61 Å². The van der Waals surface area contributed by atoms with E-state index in [1.807, 2.05) is 6.07 Å². The maximum atomic E-state index is 13.2. The second kappa shape index (κ2) is 10.2. The van der Waals surface area contributed by atoms with Gasteiger partial charge in [-0.05, 0) is 72.9 Å². The van der Waals surface area contributed by atoms with Crippen LogP contribution in [0.25, 0.3) is 0 Å². The van der Waals surface area contributed by atoms with Gasteiger partial charge < -0.3 is 14.6 Å². The van der Waals surface area contributed by atoms with Crippen LogP contribution in [0.15, 0.2) is 65.6 Å². The van der Waals surface area contributed by atoms with Gasteiger partial charge in [-0.15, -0.1) is 0 Å². The Morgan fingerprint density at radius 2 is 1.79 bits per heavy atom. The number of aliphatic carboxylic acids is 1. The fraction of sp³-hybridized carbons (Fsp3) is 0.208. The highest BCUT2D eigenvalue weighted by Crippen LogP contribution is 2.37. The predicted octanol–water partition coefficient (Wildman–Crippen LogP) is 5.61. The van der Waals surface area contributed by atoms with Crippen molar-refractivity contribution in [1.82, 2.24) is 4.72 Å². The van der Waals surface area contributed by atoms with Crippen molar-refractivity contribution in [3.05, 3.63) is 81.8 Å². The molecule has 34 heavy (non-hydrogen) atoms. The van der Waals surface area contributed by atoms with Gasteiger partial charge in [-0.3, -0.25) is 0 Å². The summed E-state index contributed by atoms with van der Waals surface area (Å²) in [6, 6.07) is 15.8. The van der Waals surface area contributed by atoms with Crippen molar-refractivity contribution >= 4 is 39.2 Å². The summed E-state index contributed by atoms with van der Waals surface area (Å²) in [5, 5.41) is 9.50. The van der Waals surface area contributed by atoms with Crippen molar-refractivity contribution in [1.29, 1.82) is 0 Å². The van der Waals surface area contributed by atoms with Gasteiger partial charge in [0, 0.05) is 17.1 Å². The van der Waals surface area contributed by atoms with Gasteiger partial charge in [0.2, 0.25) is 10.0 Å². The number of nitrogens with one attached hydrogen (secondary N) is 1. The molecule has 3 aromatic rings. The maximum absolute atomic E-state index is 13.2. The lowest BCUT2D eigenvalue weighted by Gasteiger charge is -2.27. The molecule has 2 N–H and O–H groups in total. The van der Waals surface area contributed by atoms with Crippen LogP contribution in [0.4, 0.5) is 0 Å². The molecule has 1 aliphatic carbocycles. The SMILES string of the molecule is O=C(O)COc1cccc2c1CCCC2NS(=O)(=O)c1ccc(Oc2ccc(Cl)cc2)cc1Cl. The summed E-state index contributed by atoms with van der Waals surface area (Å²) < 4.78 is 40.2. The minimum Gasteiger partial charge on any atom is -0.482 e. The lowest BCUT2D eigenvalue weighted by atomic mass is 9.87. The number of fused-ring (bicyclic) bond motifs is 1. The number of benzene rings is 3. The zero-order valence-corrected chi connectivity index (χ0v) is 20.2. The van der Waals surface area contributed by atoms with Crippen LogP contribution in [-0.4, -0.2) is 26.1 Å². The molecule has 0 bridgehead atoms. The van der Waals surface area contributed by atoms with Crippen LogP contribution in [-0.2, 0) is 21.2 Å². The van der Waals surface area contributed by atoms with Crippen LogP contribution >= 0.6 is 23.2 Å². The first kappa shape index (κ1) is 24.3. The monoisotopic (exact) mass is 521 g/mol. The molecule has 1 atom stereocenters. The van der Waals surface area contributed by atoms with Crippen LogP contribution < -0.4 is 14.2 Å². The Morgan fingerprint density at radius 3 is 2.50 bits per heavy atom. The van der Waals surface area contributed by atoms with Crippen molar-refractivity contribution in [2.24, 2.45) is 0 Å². The number of rotatable bonds is 8. The molecule has 0 heterocycles. The van der Waals surface area contributed by atoms with Crippen molar-refractivity contribution in [2.45, 2.75) is 30.2 Å². The molecule has 1 aliphatic rings. The Kier molecular flexibility index (Phi) is 7.33. The Morgan fingerprint density at radius 1 is 1.06 bits per heavy atom. The van der Waals surface area contributed by atoms with E-state index in [-0.39, 0.29) is 9.92 Å². The Balaban J connectivity index is 1.54. The first-order chi connectivity index (χ1) is 16.2. The zero-order chi connectivity index (χ0) is 24.3. The summed E-state index contributed by atoms with van der Waals surface area (Å²) in [6.45, 7) is -0.465. The van der Waals surface area contributed by atoms with E-state index in [0.29, 0.717) is 35.1 Å². The highest BCUT2D eigenvalue weighted by molar-refractivity contribution is 7.89. The van der Waals surface area contributed by atoms with Crippen LogP contribution in [0.3, 0.4) is 0 Å². The van der Waals surface area contributed by atoms with Gasteiger partial charge in [0.15, 0.2) is 6.61 Å². The molecule has 0 aliphatic heterocycles. The first-order valence-electron chi connectivity index (χ1n) is 10.4. The molecule has 0 radical (unpaired) electrons. The third-order valence-corrected chi connectivity index (χ3v) is 7.56. The summed E-state index contributed by atoms with van der Waals surface area (Å²) in [6.07, 6.45) is 1.97. The molecule has 0 aromatic heterocycles. The fourth-order valence-electron chi connectivity index (χ4n) is 3.86. The van der Waals surface area contributed by atoms with E-state index in [1.54, 1.807) is 36.4 Å². The smallest absolute Gasteiger partial charge is 0.341 e. The molecule has 7 nitrogen and oxygen atoms in total. The minimum absolute atomic E-state index is 0.0218. The van der Waals surface area contributed by atoms with Crippen molar-refractivity contribution in [3.8, 4) is 17.2 Å². The molecular formula is C24H21Cl2NO6S. The van der Waals surface area contributed by atoms with E-state index < -0.39 is 28.6 Å². The summed E-state index contributed by atoms with van der Waals surface area (Å²) in [4.78, 5) is 10.8. The quantitative estimate of drug-likeness (QED) is 0.399. The lowest BCUT2D eigenvalue weighted by Crippen LogP contribution is -2.31. The van der Waals surface area contributed by atoms with Crippen LogP contribution in [0.5, 0.6) is 17.2 Å². The molecular weight excluding hydrogens is 501 g/mol. The second-order valence-corrected chi connectivity index (χ2v) is 10.2. The van der Waals surface area contributed by atoms with E-state index in [1.165, 1.54) is 18.2 Å². The molecule has 10 heteroatoms. The molecule has 0 amide bonds. The highest BCUT2D eigenvalue weighted by Gasteiger charge is 2.29. The first-order valence-corrected chi connectivity index (χ1v) is 12.7. The molecule has 3 aromatic carbocycles. The molecule has 178 valence electrons. The number of carboxylic acid groups (broad SMARTS) is 1. The minimum atomic E-state index is -3.96. The van der Waals surface area contributed by atoms with Crippen LogP contribution in [0.2, 0.25) is 10.0 Å². The number of carbonyl (C=O) groups is 1. The Labute approximate surface area is 207 Å². The van der Waals surface area contributed by atoms with E-state index in [9.17, 15) is 13.2 Å². The van der Waals surface area contributed by atoms with Gasteiger partial charge >= 0.3 is 5.97 Å². The van der Waals surface area contributed by atoms with Gasteiger partial charge in [-0.25, -0.2) is 17.9 Å². The van der Waals surface area contributed by atoms with Crippen molar-refractivity contribution < 1.29 is 27.8 Å². The molecule has 0 saturated carbocycles. The van der Waals surface area contributed by atoms with Gasteiger partial charge in [0.25, 0.3) is 0 Å². The number of carboxylic acids is 1. The van der Waals surface area contributed by atoms with Crippen molar-refractivity contribution in [3.63, 3.8) is 0 Å². The summed E-state index contributed by atoms with van der Waals surface area (Å²) >= 11 is 12.2. The van der Waals surface area contributed by atoms with E-state index >= 15 is 0 Å². The molecule has 1 unspecified atom stereocenters. The topological polar surface area (TPSA) is 102 Å². The van der Waals surface area contributed by atoms with Gasteiger partial charge in [0.05, 0.1) is 5.02 Å². The number of halogens is 2. The van der Waals surface area contributed by atoms with Gasteiger partial charge in [-0.2, -0.15) is 0 Å². The number of ether oxygens (including phenoxy) is 2. The molecule has 0 fully saturated rings. The third-order valence-electron chi connectivity index (χ3n) is 5.36. The van der Waals surface area contributed by atoms with E-state index in [0.717, 1.165) is 17.5 Å². The molecule has 0 spiro atoms. The third kappa shape index (κ3) is 5.64. The standard InChI is InChI=1S/C24H21Cl2NO6S/c25-15-7-9-16(10-8-15)33-17-11-12-23(20(26)13-17)34(30,31)27-21-5-1-4-19-18(21)3-2-6-22(19)32-14-24(28)29/h2-3,6-13,21,27H,1,4-5,14H2,(H,28,29). The van der Waals surface area contributed by atoms with E-state index in [4.69, 9.17) is 37.8 Å². The predicted molar refractivity (Wildman–Crippen MR) is 129 cm³/mol. The fourth-order valence-corrected chi connectivity index (χ4v) is 5.78. The Bertz CT molecular complexity index is 1310. The van der Waals surface area contributed by atoms with E-state index in [2.05, 4.69) is 4.72 Å². The second-order valence-electron chi connectivity index (χ2n) is 7.72. The lowest BCUT2D eigenvalue weighted by molar-refractivity contribution is -0.139. The number of hydrogen-bond acceptors (Lipinski definition) is 5. The number of hydrogen-bond donors (Lipinski definition) is 2. The summed E-state index contributed by atoms with van der Waals surface area (Å²) in [5.74, 6) is 0.290. The summed E-state index contributed by atoms with van der Waals surface area (Å²) in [7, 11) is -3.96. The van der Waals surface area contributed by atoms with Crippen LogP contribution in [0, 0.1) is 0 Å². The maximum Gasteiger partial charge on any atom is 0.341 e. The van der Waals surface area contributed by atoms with Gasteiger partial charge in [-0.1, -0.05) is 35.3 Å².